The molecule has 1 heterocycles. The van der Waals surface area contributed by atoms with Gasteiger partial charge in [-0.1, -0.05) is 12.1 Å². The van der Waals surface area contributed by atoms with Gasteiger partial charge in [0.15, 0.2) is 11.6 Å². The number of carbonyl (C=O) groups excluding carboxylic acids is 1. The Bertz CT molecular complexity index is 450. The van der Waals surface area contributed by atoms with E-state index in [-0.39, 0.29) is 36.3 Å². The van der Waals surface area contributed by atoms with E-state index in [2.05, 4.69) is 5.32 Å². The van der Waals surface area contributed by atoms with Gasteiger partial charge in [0.25, 0.3) is 0 Å². The molecule has 6 heteroatoms. The third kappa shape index (κ3) is 3.64. The normalized spacial score (nSPS) is 17.9. The molecule has 3 nitrogen and oxygen atoms in total. The van der Waals surface area contributed by atoms with Crippen molar-refractivity contribution in [3.8, 4) is 0 Å². The molecule has 2 rings (SSSR count). The molecule has 0 radical (unpaired) electrons. The summed E-state index contributed by atoms with van der Waals surface area (Å²) in [4.78, 5) is 13.6. The molecular formula is C13H17ClF2N2O. The molecule has 19 heavy (non-hydrogen) atoms. The largest absolute Gasteiger partial charge is 0.341 e. The topological polar surface area (TPSA) is 32.3 Å². The van der Waals surface area contributed by atoms with Crippen LogP contribution in [0.5, 0.6) is 0 Å². The number of carbonyl (C=O) groups is 1. The molecule has 0 saturated carbocycles. The molecule has 1 unspecified atom stereocenters. The molecule has 0 spiro atoms. The highest BCUT2D eigenvalue weighted by Crippen LogP contribution is 2.14. The summed E-state index contributed by atoms with van der Waals surface area (Å²) >= 11 is 0. The van der Waals surface area contributed by atoms with E-state index in [1.807, 2.05) is 0 Å². The monoisotopic (exact) mass is 290 g/mol. The number of hydrogen-bond donors (Lipinski definition) is 1. The van der Waals surface area contributed by atoms with Crippen molar-refractivity contribution in [2.75, 3.05) is 20.1 Å². The zero-order chi connectivity index (χ0) is 13.1. The van der Waals surface area contributed by atoms with Crippen LogP contribution >= 0.6 is 12.4 Å². The van der Waals surface area contributed by atoms with Gasteiger partial charge >= 0.3 is 0 Å². The lowest BCUT2D eigenvalue weighted by atomic mass is 10.1. The first kappa shape index (κ1) is 15.9. The van der Waals surface area contributed by atoms with E-state index in [4.69, 9.17) is 0 Å². The minimum absolute atomic E-state index is 0. The lowest BCUT2D eigenvalue weighted by Crippen LogP contribution is -2.39. The Kier molecular flexibility index (Phi) is 5.69. The van der Waals surface area contributed by atoms with E-state index >= 15 is 0 Å². The maximum atomic E-state index is 13.4. The van der Waals surface area contributed by atoms with Crippen LogP contribution in [-0.2, 0) is 11.2 Å². The molecule has 1 saturated heterocycles. The van der Waals surface area contributed by atoms with Crippen molar-refractivity contribution in [3.63, 3.8) is 0 Å². The van der Waals surface area contributed by atoms with Crippen LogP contribution in [0.4, 0.5) is 8.78 Å². The summed E-state index contributed by atoms with van der Waals surface area (Å²) in [5.41, 5.74) is 0.109. The van der Waals surface area contributed by atoms with Gasteiger partial charge in [-0.2, -0.15) is 0 Å². The Morgan fingerprint density at radius 3 is 2.84 bits per heavy atom. The molecular weight excluding hydrogens is 274 g/mol. The predicted molar refractivity (Wildman–Crippen MR) is 71.4 cm³/mol. The molecule has 1 amide bonds. The second kappa shape index (κ2) is 6.82. The Balaban J connectivity index is 0.00000180. The first-order valence-corrected chi connectivity index (χ1v) is 5.99. The third-order valence-electron chi connectivity index (χ3n) is 3.35. The maximum Gasteiger partial charge on any atom is 0.227 e. The van der Waals surface area contributed by atoms with Crippen LogP contribution in [-0.4, -0.2) is 37.0 Å². The van der Waals surface area contributed by atoms with Gasteiger partial charge in [-0.25, -0.2) is 8.78 Å². The van der Waals surface area contributed by atoms with E-state index in [1.165, 1.54) is 12.1 Å². The quantitative estimate of drug-likeness (QED) is 0.920. The van der Waals surface area contributed by atoms with Gasteiger partial charge in [-0.3, -0.25) is 4.79 Å². The van der Waals surface area contributed by atoms with Gasteiger partial charge in [0.05, 0.1) is 6.42 Å². The van der Waals surface area contributed by atoms with Gasteiger partial charge in [-0.05, 0) is 19.0 Å². The van der Waals surface area contributed by atoms with E-state index in [0.717, 1.165) is 25.6 Å². The number of hydrogen-bond acceptors (Lipinski definition) is 2. The summed E-state index contributed by atoms with van der Waals surface area (Å²) in [7, 11) is 1.71. The molecule has 106 valence electrons. The summed E-state index contributed by atoms with van der Waals surface area (Å²) in [6, 6.07) is 4.05. The van der Waals surface area contributed by atoms with Crippen LogP contribution in [0.2, 0.25) is 0 Å². The van der Waals surface area contributed by atoms with Crippen molar-refractivity contribution < 1.29 is 13.6 Å². The van der Waals surface area contributed by atoms with Crippen molar-refractivity contribution in [1.29, 1.82) is 0 Å². The number of benzene rings is 1. The number of nitrogens with one attached hydrogen (secondary N) is 1. The van der Waals surface area contributed by atoms with E-state index in [0.29, 0.717) is 0 Å². The summed E-state index contributed by atoms with van der Waals surface area (Å²) in [5.74, 6) is -2.03. The highest BCUT2D eigenvalue weighted by atomic mass is 35.5. The Hall–Kier alpha value is -1.20. The van der Waals surface area contributed by atoms with Crippen LogP contribution < -0.4 is 5.32 Å². The molecule has 1 aliphatic heterocycles. The standard InChI is InChI=1S/C13H16F2N2O.ClH/c1-17(10-5-6-16-8-10)12(18)7-9-3-2-4-11(14)13(9)15;/h2-4,10,16H,5-8H2,1H3;1H. The number of amides is 1. The van der Waals surface area contributed by atoms with Crippen LogP contribution in [0.25, 0.3) is 0 Å². The fraction of sp³-hybridized carbons (Fsp3) is 0.462. The smallest absolute Gasteiger partial charge is 0.227 e. The second-order valence-electron chi connectivity index (χ2n) is 4.54. The predicted octanol–water partition coefficient (Wildman–Crippen LogP) is 1.75. The van der Waals surface area contributed by atoms with Crippen LogP contribution in [0.3, 0.4) is 0 Å². The molecule has 1 aromatic rings. The van der Waals surface area contributed by atoms with E-state index in [9.17, 15) is 13.6 Å². The fourth-order valence-corrected chi connectivity index (χ4v) is 2.15. The number of rotatable bonds is 3. The molecule has 1 aliphatic rings. The van der Waals surface area contributed by atoms with Crippen molar-refractivity contribution in [2.45, 2.75) is 18.9 Å². The lowest BCUT2D eigenvalue weighted by molar-refractivity contribution is -0.130. The van der Waals surface area contributed by atoms with Gasteiger partial charge in [0, 0.05) is 25.2 Å². The summed E-state index contributed by atoms with van der Waals surface area (Å²) in [5, 5.41) is 3.16. The Morgan fingerprint density at radius 1 is 1.47 bits per heavy atom. The number of likely N-dealkylation sites (N-methyl/N-ethyl adjacent to an activating group) is 1. The molecule has 0 bridgehead atoms. The zero-order valence-corrected chi connectivity index (χ0v) is 11.5. The zero-order valence-electron chi connectivity index (χ0n) is 10.7. The van der Waals surface area contributed by atoms with Gasteiger partial charge < -0.3 is 10.2 Å². The third-order valence-corrected chi connectivity index (χ3v) is 3.35. The van der Waals surface area contributed by atoms with Crippen molar-refractivity contribution in [2.24, 2.45) is 0 Å². The van der Waals surface area contributed by atoms with Crippen molar-refractivity contribution >= 4 is 18.3 Å². The van der Waals surface area contributed by atoms with Crippen LogP contribution in [0.1, 0.15) is 12.0 Å². The summed E-state index contributed by atoms with van der Waals surface area (Å²) in [6.07, 6.45) is 0.796. The van der Waals surface area contributed by atoms with Crippen LogP contribution in [0, 0.1) is 11.6 Å². The highest BCUT2D eigenvalue weighted by Gasteiger charge is 2.24. The number of halogens is 3. The molecule has 1 atom stereocenters. The highest BCUT2D eigenvalue weighted by molar-refractivity contribution is 5.85. The van der Waals surface area contributed by atoms with Gasteiger partial charge in [0.2, 0.25) is 5.91 Å². The first-order chi connectivity index (χ1) is 8.59. The SMILES string of the molecule is CN(C(=O)Cc1cccc(F)c1F)C1CCNC1.Cl. The fourth-order valence-electron chi connectivity index (χ4n) is 2.15. The van der Waals surface area contributed by atoms with E-state index in [1.54, 1.807) is 11.9 Å². The van der Waals surface area contributed by atoms with Crippen molar-refractivity contribution in [1.82, 2.24) is 10.2 Å². The van der Waals surface area contributed by atoms with Gasteiger partial charge in [0.1, 0.15) is 0 Å². The number of nitrogens with zero attached hydrogens (tertiary/aromatic N) is 1. The van der Waals surface area contributed by atoms with E-state index < -0.39 is 11.6 Å². The van der Waals surface area contributed by atoms with Gasteiger partial charge in [-0.15, -0.1) is 12.4 Å². The molecule has 1 fully saturated rings. The molecule has 0 aromatic heterocycles. The lowest BCUT2D eigenvalue weighted by Gasteiger charge is -2.23. The minimum Gasteiger partial charge on any atom is -0.341 e. The Labute approximate surface area is 117 Å². The summed E-state index contributed by atoms with van der Waals surface area (Å²) < 4.78 is 26.5. The molecule has 1 aromatic carbocycles. The minimum atomic E-state index is -0.927. The Morgan fingerprint density at radius 2 is 2.21 bits per heavy atom. The van der Waals surface area contributed by atoms with Crippen molar-refractivity contribution in [3.05, 3.63) is 35.4 Å². The maximum absolute atomic E-state index is 13.4. The molecule has 0 aliphatic carbocycles. The second-order valence-corrected chi connectivity index (χ2v) is 4.54. The average Bonchev–Trinajstić information content (AvgIpc) is 2.87. The summed E-state index contributed by atoms with van der Waals surface area (Å²) in [6.45, 7) is 1.64. The average molecular weight is 291 g/mol. The first-order valence-electron chi connectivity index (χ1n) is 5.99. The molecule has 1 N–H and O–H groups in total. The van der Waals surface area contributed by atoms with Crippen LogP contribution in [0.15, 0.2) is 18.2 Å².